The number of halogens is 1. The van der Waals surface area contributed by atoms with Gasteiger partial charge in [0.2, 0.25) is 5.75 Å². The number of carbonyl (C=O) groups excluding carboxylic acids is 1. The second-order valence-electron chi connectivity index (χ2n) is 6.26. The smallest absolute Gasteiger partial charge is 0.251 e. The number of benzene rings is 3. The largest absolute Gasteiger partial charge is 0.493 e. The first kappa shape index (κ1) is 20.2. The van der Waals surface area contributed by atoms with Crippen LogP contribution in [0.4, 0.5) is 4.39 Å². The van der Waals surface area contributed by atoms with Crippen LogP contribution in [0.3, 0.4) is 0 Å². The lowest BCUT2D eigenvalue weighted by Crippen LogP contribution is -2.23. The van der Waals surface area contributed by atoms with E-state index in [2.05, 4.69) is 5.32 Å². The monoisotopic (exact) mass is 395 g/mol. The van der Waals surface area contributed by atoms with Crippen molar-refractivity contribution in [1.82, 2.24) is 5.32 Å². The summed E-state index contributed by atoms with van der Waals surface area (Å²) < 4.78 is 30.4. The number of rotatable bonds is 8. The molecule has 3 aromatic rings. The van der Waals surface area contributed by atoms with Gasteiger partial charge in [-0.25, -0.2) is 4.39 Å². The summed E-state index contributed by atoms with van der Waals surface area (Å²) in [6.07, 6.45) is 0. The second-order valence-corrected chi connectivity index (χ2v) is 6.26. The molecule has 5 nitrogen and oxygen atoms in total. The van der Waals surface area contributed by atoms with E-state index in [0.717, 1.165) is 5.56 Å². The summed E-state index contributed by atoms with van der Waals surface area (Å²) >= 11 is 0. The molecule has 29 heavy (non-hydrogen) atoms. The summed E-state index contributed by atoms with van der Waals surface area (Å²) in [7, 11) is 2.98. The topological polar surface area (TPSA) is 56.8 Å². The van der Waals surface area contributed by atoms with Crippen LogP contribution in [0.5, 0.6) is 17.2 Å². The standard InChI is InChI=1S/C23H22FNO4/c1-27-20-12-18(23(26)25-14-17-10-6-7-11-19(17)24)13-21(28-2)22(20)29-15-16-8-4-3-5-9-16/h3-13H,14-15H2,1-2H3,(H,25,26). The Morgan fingerprint density at radius 1 is 0.931 bits per heavy atom. The minimum atomic E-state index is -0.375. The van der Waals surface area contributed by atoms with Gasteiger partial charge in [-0.3, -0.25) is 4.79 Å². The van der Waals surface area contributed by atoms with Crippen molar-refractivity contribution < 1.29 is 23.4 Å². The first-order valence-electron chi connectivity index (χ1n) is 9.06. The Bertz CT molecular complexity index is 951. The summed E-state index contributed by atoms with van der Waals surface area (Å²) in [5, 5.41) is 2.71. The quantitative estimate of drug-likeness (QED) is 0.616. The van der Waals surface area contributed by atoms with E-state index in [1.165, 1.54) is 20.3 Å². The Morgan fingerprint density at radius 2 is 1.55 bits per heavy atom. The molecule has 0 aliphatic rings. The van der Waals surface area contributed by atoms with Crippen LogP contribution in [0.15, 0.2) is 66.7 Å². The van der Waals surface area contributed by atoms with Gasteiger partial charge in [0.15, 0.2) is 11.5 Å². The normalized spacial score (nSPS) is 10.3. The molecule has 0 heterocycles. The fraction of sp³-hybridized carbons (Fsp3) is 0.174. The van der Waals surface area contributed by atoms with E-state index in [9.17, 15) is 9.18 Å². The SMILES string of the molecule is COc1cc(C(=O)NCc2ccccc2F)cc(OC)c1OCc1ccccc1. The highest BCUT2D eigenvalue weighted by atomic mass is 19.1. The van der Waals surface area contributed by atoms with Gasteiger partial charge in [0.1, 0.15) is 12.4 Å². The maximum atomic E-state index is 13.7. The second kappa shape index (κ2) is 9.59. The van der Waals surface area contributed by atoms with Gasteiger partial charge in [-0.2, -0.15) is 0 Å². The van der Waals surface area contributed by atoms with Gasteiger partial charge >= 0.3 is 0 Å². The molecule has 0 aliphatic heterocycles. The molecule has 0 saturated carbocycles. The Labute approximate surface area is 169 Å². The minimum absolute atomic E-state index is 0.0718. The third-order valence-electron chi connectivity index (χ3n) is 4.35. The third-order valence-corrected chi connectivity index (χ3v) is 4.35. The predicted molar refractivity (Wildman–Crippen MR) is 108 cm³/mol. The predicted octanol–water partition coefficient (Wildman–Crippen LogP) is 4.35. The Kier molecular flexibility index (Phi) is 6.68. The number of nitrogens with one attached hydrogen (secondary N) is 1. The lowest BCUT2D eigenvalue weighted by molar-refractivity contribution is 0.0949. The summed E-state index contributed by atoms with van der Waals surface area (Å²) in [4.78, 5) is 12.6. The molecule has 0 bridgehead atoms. The zero-order valence-corrected chi connectivity index (χ0v) is 16.3. The lowest BCUT2D eigenvalue weighted by atomic mass is 10.1. The van der Waals surface area contributed by atoms with Crippen molar-refractivity contribution in [3.8, 4) is 17.2 Å². The fourth-order valence-corrected chi connectivity index (χ4v) is 2.80. The molecule has 0 spiro atoms. The Balaban J connectivity index is 1.77. The van der Waals surface area contributed by atoms with Crippen LogP contribution in [0.25, 0.3) is 0 Å². The number of amides is 1. The van der Waals surface area contributed by atoms with Crippen LogP contribution in [-0.4, -0.2) is 20.1 Å². The van der Waals surface area contributed by atoms with E-state index in [1.54, 1.807) is 30.3 Å². The van der Waals surface area contributed by atoms with Crippen LogP contribution >= 0.6 is 0 Å². The molecule has 0 fully saturated rings. The van der Waals surface area contributed by atoms with Gasteiger partial charge < -0.3 is 19.5 Å². The third kappa shape index (κ3) is 5.04. The van der Waals surface area contributed by atoms with Crippen LogP contribution in [0.1, 0.15) is 21.5 Å². The molecule has 0 unspecified atom stereocenters. The number of hydrogen-bond donors (Lipinski definition) is 1. The molecule has 3 aromatic carbocycles. The van der Waals surface area contributed by atoms with Gasteiger partial charge in [-0.1, -0.05) is 48.5 Å². The van der Waals surface area contributed by atoms with Crippen molar-refractivity contribution >= 4 is 5.91 Å². The van der Waals surface area contributed by atoms with E-state index in [4.69, 9.17) is 14.2 Å². The highest BCUT2D eigenvalue weighted by Gasteiger charge is 2.18. The fourth-order valence-electron chi connectivity index (χ4n) is 2.80. The minimum Gasteiger partial charge on any atom is -0.493 e. The Morgan fingerprint density at radius 3 is 2.17 bits per heavy atom. The summed E-state index contributed by atoms with van der Waals surface area (Å²) in [5.74, 6) is 0.407. The average molecular weight is 395 g/mol. The molecule has 0 atom stereocenters. The molecule has 0 aromatic heterocycles. The number of ether oxygens (including phenoxy) is 3. The Hall–Kier alpha value is -3.54. The molecule has 0 saturated heterocycles. The highest BCUT2D eigenvalue weighted by Crippen LogP contribution is 2.39. The van der Waals surface area contributed by atoms with Crippen molar-refractivity contribution in [3.63, 3.8) is 0 Å². The van der Waals surface area contributed by atoms with Gasteiger partial charge in [0.25, 0.3) is 5.91 Å². The van der Waals surface area contributed by atoms with Gasteiger partial charge in [0, 0.05) is 17.7 Å². The molecule has 0 aliphatic carbocycles. The maximum Gasteiger partial charge on any atom is 0.251 e. The zero-order valence-electron chi connectivity index (χ0n) is 16.3. The van der Waals surface area contributed by atoms with E-state index in [-0.39, 0.29) is 18.3 Å². The van der Waals surface area contributed by atoms with Crippen molar-refractivity contribution in [2.24, 2.45) is 0 Å². The summed E-state index contributed by atoms with van der Waals surface area (Å²) in [6.45, 7) is 0.398. The van der Waals surface area contributed by atoms with Crippen molar-refractivity contribution in [2.45, 2.75) is 13.2 Å². The van der Waals surface area contributed by atoms with E-state index in [0.29, 0.717) is 35.0 Å². The highest BCUT2D eigenvalue weighted by molar-refractivity contribution is 5.95. The molecule has 3 rings (SSSR count). The summed E-state index contributed by atoms with van der Waals surface area (Å²) in [6, 6.07) is 19.1. The van der Waals surface area contributed by atoms with Crippen LogP contribution in [-0.2, 0) is 13.2 Å². The number of hydrogen-bond acceptors (Lipinski definition) is 4. The van der Waals surface area contributed by atoms with Crippen molar-refractivity contribution in [3.05, 3.63) is 89.2 Å². The van der Waals surface area contributed by atoms with Gasteiger partial charge in [-0.05, 0) is 23.8 Å². The van der Waals surface area contributed by atoms with Gasteiger partial charge in [0.05, 0.1) is 14.2 Å². The van der Waals surface area contributed by atoms with Crippen molar-refractivity contribution in [1.29, 1.82) is 0 Å². The number of carbonyl (C=O) groups is 1. The van der Waals surface area contributed by atoms with Crippen LogP contribution in [0, 0.1) is 5.82 Å². The molecule has 6 heteroatoms. The van der Waals surface area contributed by atoms with Crippen LogP contribution in [0.2, 0.25) is 0 Å². The average Bonchev–Trinajstić information content (AvgIpc) is 2.77. The van der Waals surface area contributed by atoms with Crippen LogP contribution < -0.4 is 19.5 Å². The van der Waals surface area contributed by atoms with E-state index in [1.807, 2.05) is 30.3 Å². The van der Waals surface area contributed by atoms with Crippen molar-refractivity contribution in [2.75, 3.05) is 14.2 Å². The molecule has 1 N–H and O–H groups in total. The number of methoxy groups -OCH3 is 2. The van der Waals surface area contributed by atoms with Gasteiger partial charge in [-0.15, -0.1) is 0 Å². The maximum absolute atomic E-state index is 13.7. The van der Waals surface area contributed by atoms with E-state index >= 15 is 0 Å². The summed E-state index contributed by atoms with van der Waals surface area (Å²) in [5.41, 5.74) is 1.72. The molecule has 1 amide bonds. The molecular formula is C23H22FNO4. The first-order valence-corrected chi connectivity index (χ1v) is 9.06. The molecule has 150 valence electrons. The lowest BCUT2D eigenvalue weighted by Gasteiger charge is -2.16. The van der Waals surface area contributed by atoms with E-state index < -0.39 is 0 Å². The molecule has 0 radical (unpaired) electrons. The zero-order chi connectivity index (χ0) is 20.6. The first-order chi connectivity index (χ1) is 14.1. The molecular weight excluding hydrogens is 373 g/mol.